The Morgan fingerprint density at radius 2 is 2.05 bits per heavy atom. The van der Waals surface area contributed by atoms with Gasteiger partial charge in [-0.25, -0.2) is 8.42 Å². The number of carbonyl (C=O) groups is 2. The van der Waals surface area contributed by atoms with Crippen molar-refractivity contribution in [3.63, 3.8) is 0 Å². The fourth-order valence-electron chi connectivity index (χ4n) is 1.44. The van der Waals surface area contributed by atoms with Crippen LogP contribution in [-0.2, 0) is 24.2 Å². The first-order valence-electron chi connectivity index (χ1n) is 5.85. The van der Waals surface area contributed by atoms with Crippen LogP contribution in [0.4, 0.5) is 11.4 Å². The summed E-state index contributed by atoms with van der Waals surface area (Å²) in [6.07, 6.45) is -0.300. The number of rotatable bonds is 6. The highest BCUT2D eigenvalue weighted by atomic mass is 35.5. The Labute approximate surface area is 127 Å². The van der Waals surface area contributed by atoms with E-state index < -0.39 is 33.2 Å². The number of nitrogen functional groups attached to an aromatic ring is 1. The highest BCUT2D eigenvalue weighted by Gasteiger charge is 2.19. The van der Waals surface area contributed by atoms with Gasteiger partial charge in [-0.2, -0.15) is 0 Å². The topological polar surface area (TPSA) is 116 Å². The third kappa shape index (κ3) is 6.01. The van der Waals surface area contributed by atoms with E-state index in [0.29, 0.717) is 5.69 Å². The minimum absolute atomic E-state index is 0.227. The number of anilines is 2. The van der Waals surface area contributed by atoms with Crippen molar-refractivity contribution in [3.05, 3.63) is 23.2 Å². The number of halogens is 1. The lowest BCUT2D eigenvalue weighted by atomic mass is 10.3. The van der Waals surface area contributed by atoms with Crippen molar-refractivity contribution in [1.29, 1.82) is 0 Å². The molecule has 0 unspecified atom stereocenters. The number of sulfone groups is 1. The molecule has 0 aliphatic carbocycles. The number of nitrogens with one attached hydrogen (secondary N) is 1. The minimum Gasteiger partial charge on any atom is -0.469 e. The lowest BCUT2D eigenvalue weighted by Crippen LogP contribution is -2.25. The zero-order chi connectivity index (χ0) is 16.0. The van der Waals surface area contributed by atoms with Crippen LogP contribution in [0, 0.1) is 0 Å². The van der Waals surface area contributed by atoms with Gasteiger partial charge in [-0.15, -0.1) is 0 Å². The largest absolute Gasteiger partial charge is 0.469 e. The molecule has 0 radical (unpaired) electrons. The Balaban J connectivity index is 2.64. The van der Waals surface area contributed by atoms with E-state index >= 15 is 0 Å². The van der Waals surface area contributed by atoms with Gasteiger partial charge in [0.15, 0.2) is 9.84 Å². The normalized spacial score (nSPS) is 11.0. The van der Waals surface area contributed by atoms with Crippen LogP contribution in [0.3, 0.4) is 0 Å². The second-order valence-corrected chi connectivity index (χ2v) is 6.80. The van der Waals surface area contributed by atoms with Crippen molar-refractivity contribution in [3.8, 4) is 0 Å². The second kappa shape index (κ2) is 7.28. The predicted octanol–water partition coefficient (Wildman–Crippen LogP) is 0.839. The van der Waals surface area contributed by atoms with E-state index in [0.717, 1.165) is 7.11 Å². The third-order valence-corrected chi connectivity index (χ3v) is 4.32. The molecule has 3 N–H and O–H groups in total. The molecule has 1 amide bonds. The summed E-state index contributed by atoms with van der Waals surface area (Å²) in [5.41, 5.74) is 6.15. The van der Waals surface area contributed by atoms with Gasteiger partial charge in [0.1, 0.15) is 5.75 Å². The van der Waals surface area contributed by atoms with E-state index in [1.807, 2.05) is 0 Å². The van der Waals surface area contributed by atoms with Gasteiger partial charge in [0, 0.05) is 5.69 Å². The predicted molar refractivity (Wildman–Crippen MR) is 79.8 cm³/mol. The molecule has 7 nitrogen and oxygen atoms in total. The van der Waals surface area contributed by atoms with Crippen molar-refractivity contribution < 1.29 is 22.7 Å². The van der Waals surface area contributed by atoms with Crippen LogP contribution in [0.15, 0.2) is 18.2 Å². The molecule has 1 rings (SSSR count). The Bertz CT molecular complexity index is 645. The molecule has 0 aromatic heterocycles. The number of methoxy groups -OCH3 is 1. The molecule has 0 aliphatic rings. The molecule has 21 heavy (non-hydrogen) atoms. The van der Waals surface area contributed by atoms with E-state index in [1.54, 1.807) is 6.07 Å². The zero-order valence-electron chi connectivity index (χ0n) is 11.3. The molecule has 1 aromatic carbocycles. The van der Waals surface area contributed by atoms with Crippen molar-refractivity contribution in [2.75, 3.05) is 29.7 Å². The summed E-state index contributed by atoms with van der Waals surface area (Å²) in [4.78, 5) is 22.6. The quantitative estimate of drug-likeness (QED) is 0.588. The first-order chi connectivity index (χ1) is 9.73. The van der Waals surface area contributed by atoms with Crippen LogP contribution in [0.5, 0.6) is 0 Å². The maximum Gasteiger partial charge on any atom is 0.306 e. The van der Waals surface area contributed by atoms with Crippen molar-refractivity contribution in [2.24, 2.45) is 0 Å². The third-order valence-electron chi connectivity index (χ3n) is 2.46. The number of amides is 1. The average Bonchev–Trinajstić information content (AvgIpc) is 2.39. The number of carbonyl (C=O) groups excluding carboxylic acids is 2. The van der Waals surface area contributed by atoms with Gasteiger partial charge in [-0.3, -0.25) is 9.59 Å². The molecular weight excluding hydrogens is 320 g/mol. The molecular formula is C12H15ClN2O5S. The molecule has 116 valence electrons. The van der Waals surface area contributed by atoms with Crippen LogP contribution in [0.25, 0.3) is 0 Å². The van der Waals surface area contributed by atoms with Gasteiger partial charge in [0.25, 0.3) is 0 Å². The summed E-state index contributed by atoms with van der Waals surface area (Å²) < 4.78 is 27.7. The lowest BCUT2D eigenvalue weighted by Gasteiger charge is -2.08. The number of hydrogen-bond acceptors (Lipinski definition) is 6. The van der Waals surface area contributed by atoms with Crippen molar-refractivity contribution in [2.45, 2.75) is 6.42 Å². The van der Waals surface area contributed by atoms with E-state index in [4.69, 9.17) is 17.3 Å². The molecule has 0 bridgehead atoms. The highest BCUT2D eigenvalue weighted by molar-refractivity contribution is 7.92. The van der Waals surface area contributed by atoms with Crippen LogP contribution in [0.2, 0.25) is 5.02 Å². The molecule has 9 heteroatoms. The Morgan fingerprint density at radius 1 is 1.38 bits per heavy atom. The van der Waals surface area contributed by atoms with Gasteiger partial charge in [0.05, 0.1) is 30.0 Å². The summed E-state index contributed by atoms with van der Waals surface area (Å²) >= 11 is 5.85. The standard InChI is InChI=1S/C12H15ClN2O5S/c1-20-12(17)4-5-21(18,19)7-11(16)15-10-6-8(14)2-3-9(10)13/h2-3,6H,4-5,7,14H2,1H3,(H,15,16). The summed E-state index contributed by atoms with van der Waals surface area (Å²) in [5, 5.41) is 2.60. The molecule has 1 aromatic rings. The SMILES string of the molecule is COC(=O)CCS(=O)(=O)CC(=O)Nc1cc(N)ccc1Cl. The number of benzene rings is 1. The monoisotopic (exact) mass is 334 g/mol. The van der Waals surface area contributed by atoms with E-state index in [2.05, 4.69) is 10.1 Å². The van der Waals surface area contributed by atoms with E-state index in [9.17, 15) is 18.0 Å². The van der Waals surface area contributed by atoms with Gasteiger partial charge in [0.2, 0.25) is 5.91 Å². The Hall–Kier alpha value is -1.80. The molecule has 0 spiro atoms. The van der Waals surface area contributed by atoms with Crippen LogP contribution < -0.4 is 11.1 Å². The molecule has 0 aliphatic heterocycles. The van der Waals surface area contributed by atoms with Crippen LogP contribution in [0.1, 0.15) is 6.42 Å². The molecule has 0 saturated heterocycles. The zero-order valence-corrected chi connectivity index (χ0v) is 12.8. The number of ether oxygens (including phenoxy) is 1. The summed E-state index contributed by atoms with van der Waals surface area (Å²) in [6, 6.07) is 4.45. The van der Waals surface area contributed by atoms with Gasteiger partial charge < -0.3 is 15.8 Å². The maximum atomic E-state index is 11.7. The smallest absolute Gasteiger partial charge is 0.306 e. The number of esters is 1. The number of hydrogen-bond donors (Lipinski definition) is 2. The molecule has 0 fully saturated rings. The first kappa shape index (κ1) is 17.3. The molecule has 0 atom stereocenters. The fraction of sp³-hybridized carbons (Fsp3) is 0.333. The summed E-state index contributed by atoms with van der Waals surface area (Å²) in [7, 11) is -2.56. The van der Waals surface area contributed by atoms with Crippen LogP contribution >= 0.6 is 11.6 Å². The van der Waals surface area contributed by atoms with Crippen molar-refractivity contribution >= 4 is 44.7 Å². The van der Waals surface area contributed by atoms with E-state index in [1.165, 1.54) is 12.1 Å². The molecule has 0 saturated carbocycles. The second-order valence-electron chi connectivity index (χ2n) is 4.21. The van der Waals surface area contributed by atoms with Crippen LogP contribution in [-0.4, -0.2) is 38.9 Å². The Morgan fingerprint density at radius 3 is 2.67 bits per heavy atom. The lowest BCUT2D eigenvalue weighted by molar-refractivity contribution is -0.140. The summed E-state index contributed by atoms with van der Waals surface area (Å²) in [6.45, 7) is 0. The summed E-state index contributed by atoms with van der Waals surface area (Å²) in [5.74, 6) is -2.63. The van der Waals surface area contributed by atoms with Gasteiger partial charge in [-0.05, 0) is 18.2 Å². The average molecular weight is 335 g/mol. The first-order valence-corrected chi connectivity index (χ1v) is 8.05. The highest BCUT2D eigenvalue weighted by Crippen LogP contribution is 2.24. The van der Waals surface area contributed by atoms with Gasteiger partial charge >= 0.3 is 5.97 Å². The van der Waals surface area contributed by atoms with Gasteiger partial charge in [-0.1, -0.05) is 11.6 Å². The fourth-order valence-corrected chi connectivity index (χ4v) is 2.70. The van der Waals surface area contributed by atoms with E-state index in [-0.39, 0.29) is 17.1 Å². The minimum atomic E-state index is -3.72. The number of nitrogens with two attached hydrogens (primary N) is 1. The Kier molecular flexibility index (Phi) is 5.98. The maximum absolute atomic E-state index is 11.7. The molecule has 0 heterocycles. The van der Waals surface area contributed by atoms with Crippen molar-refractivity contribution in [1.82, 2.24) is 0 Å².